The van der Waals surface area contributed by atoms with Gasteiger partial charge >= 0.3 is 10.2 Å². The van der Waals surface area contributed by atoms with Crippen molar-refractivity contribution in [2.45, 2.75) is 75.5 Å². The van der Waals surface area contributed by atoms with Crippen molar-refractivity contribution in [1.82, 2.24) is 29.0 Å². The molecule has 2 atom stereocenters. The summed E-state index contributed by atoms with van der Waals surface area (Å²) in [5.41, 5.74) is -0.917. The Morgan fingerprint density at radius 3 is 2.53 bits per heavy atom. The highest BCUT2D eigenvalue weighted by Gasteiger charge is 2.44. The summed E-state index contributed by atoms with van der Waals surface area (Å²) in [6.45, 7) is 4.97. The molecule has 4 fully saturated rings. The molecule has 0 bridgehead atoms. The number of carbonyl (C=O) groups is 2. The number of nitriles is 1. The van der Waals surface area contributed by atoms with Crippen molar-refractivity contribution in [3.8, 4) is 17.6 Å². The second-order valence-electron chi connectivity index (χ2n) is 16.9. The quantitative estimate of drug-likeness (QED) is 0.174. The molecule has 2 unspecified atom stereocenters. The highest BCUT2D eigenvalue weighted by molar-refractivity contribution is 7.90. The minimum Gasteiger partial charge on any atom is -0.450 e. The molecular formula is C44H50F3N9O7S. The molecular weight excluding hydrogens is 856 g/mol. The van der Waals surface area contributed by atoms with Crippen molar-refractivity contribution in [3.05, 3.63) is 87.7 Å². The topological polar surface area (TPSA) is 191 Å². The van der Waals surface area contributed by atoms with Crippen LogP contribution in [-0.2, 0) is 24.5 Å². The third kappa shape index (κ3) is 9.12. The fourth-order valence-corrected chi connectivity index (χ4v) is 10.1. The number of nitrogens with zero attached hydrogens (tertiary/aromatic N) is 6. The predicted octanol–water partition coefficient (Wildman–Crippen LogP) is 4.98. The van der Waals surface area contributed by atoms with Crippen LogP contribution in [0.3, 0.4) is 0 Å². The molecule has 0 radical (unpaired) electrons. The zero-order valence-corrected chi connectivity index (χ0v) is 36.4. The van der Waals surface area contributed by atoms with Crippen molar-refractivity contribution >= 4 is 44.3 Å². The van der Waals surface area contributed by atoms with Crippen molar-refractivity contribution < 1.29 is 40.7 Å². The summed E-state index contributed by atoms with van der Waals surface area (Å²) in [5, 5.41) is 15.4. The number of hydrogen-bond donors (Lipinski definition) is 3. The minimum absolute atomic E-state index is 0.00135. The number of nitrogens with one attached hydrogen (secondary N) is 3. The number of anilines is 2. The van der Waals surface area contributed by atoms with Gasteiger partial charge in [-0.15, -0.1) is 0 Å². The van der Waals surface area contributed by atoms with Crippen LogP contribution >= 0.6 is 0 Å². The number of piperidine rings is 3. The standard InChI is InChI=1S/C44H50F3N9O7S/c1-3-53(2)64(60,61)52-34-9-8-32(45)41(31(34)23-48)63-37-11-10-35-39(40(37)47)43(59)56(26-50-35)29-22-44(62-25-29)14-19-55(20-15-44)38(57)24-54-17-12-27(13-18-54)30-7-6-28(21-33(30)46)51-36-5-4-16-49-42(36)58/h6-11,21,26-27,29,36,51-52H,3-5,12-20,22,24-25H2,1-2H3,(H,49,58). The van der Waals surface area contributed by atoms with E-state index in [2.05, 4.69) is 25.2 Å². The lowest BCUT2D eigenvalue weighted by atomic mass is 9.87. The van der Waals surface area contributed by atoms with E-state index in [0.717, 1.165) is 28.9 Å². The van der Waals surface area contributed by atoms with E-state index in [-0.39, 0.29) is 60.5 Å². The number of amides is 2. The van der Waals surface area contributed by atoms with Crippen LogP contribution in [0.2, 0.25) is 0 Å². The van der Waals surface area contributed by atoms with Gasteiger partial charge in [0.05, 0.1) is 42.3 Å². The summed E-state index contributed by atoms with van der Waals surface area (Å²) in [5.74, 6) is -3.88. The number of ether oxygens (including phenoxy) is 2. The molecule has 0 saturated carbocycles. The number of fused-ring (bicyclic) bond motifs is 1. The van der Waals surface area contributed by atoms with Gasteiger partial charge in [0.1, 0.15) is 28.9 Å². The Morgan fingerprint density at radius 2 is 1.83 bits per heavy atom. The molecule has 4 aliphatic rings. The van der Waals surface area contributed by atoms with Crippen LogP contribution in [0.1, 0.15) is 75.0 Å². The summed E-state index contributed by atoms with van der Waals surface area (Å²) in [7, 11) is -2.80. The van der Waals surface area contributed by atoms with Crippen LogP contribution in [-0.4, -0.2) is 115 Å². The molecule has 3 N–H and O–H groups in total. The second-order valence-corrected chi connectivity index (χ2v) is 18.7. The van der Waals surface area contributed by atoms with E-state index in [9.17, 15) is 28.1 Å². The van der Waals surface area contributed by atoms with Gasteiger partial charge in [-0.1, -0.05) is 13.0 Å². The van der Waals surface area contributed by atoms with E-state index < -0.39 is 61.5 Å². The number of hydrogen-bond acceptors (Lipinski definition) is 11. The maximum atomic E-state index is 16.2. The van der Waals surface area contributed by atoms with E-state index in [4.69, 9.17) is 9.47 Å². The molecule has 3 aromatic carbocycles. The van der Waals surface area contributed by atoms with Gasteiger partial charge in [-0.05, 0) is 106 Å². The summed E-state index contributed by atoms with van der Waals surface area (Å²) in [6, 6.07) is 10.3. The van der Waals surface area contributed by atoms with Crippen LogP contribution in [0.4, 0.5) is 24.5 Å². The number of benzene rings is 3. The molecule has 8 rings (SSSR count). The van der Waals surface area contributed by atoms with Crippen molar-refractivity contribution in [3.63, 3.8) is 0 Å². The van der Waals surface area contributed by atoms with E-state index in [1.165, 1.54) is 30.1 Å². The number of aromatic nitrogens is 2. The van der Waals surface area contributed by atoms with Crippen LogP contribution in [0.25, 0.3) is 10.9 Å². The maximum absolute atomic E-state index is 16.2. The van der Waals surface area contributed by atoms with Gasteiger partial charge in [-0.3, -0.25) is 28.6 Å². The maximum Gasteiger partial charge on any atom is 0.301 e. The number of rotatable bonds is 12. The molecule has 1 spiro atoms. The molecule has 4 saturated heterocycles. The van der Waals surface area contributed by atoms with Gasteiger partial charge in [0.15, 0.2) is 23.1 Å². The molecule has 2 amide bonds. The fraction of sp³-hybridized carbons (Fsp3) is 0.477. The van der Waals surface area contributed by atoms with E-state index >= 15 is 13.2 Å². The third-order valence-corrected chi connectivity index (χ3v) is 14.6. The molecule has 4 aromatic rings. The Bertz CT molecular complexity index is 2660. The van der Waals surface area contributed by atoms with Crippen LogP contribution < -0.4 is 25.7 Å². The van der Waals surface area contributed by atoms with E-state index in [1.54, 1.807) is 19.1 Å². The van der Waals surface area contributed by atoms with Gasteiger partial charge in [0.2, 0.25) is 11.8 Å². The van der Waals surface area contributed by atoms with Gasteiger partial charge < -0.3 is 25.0 Å². The van der Waals surface area contributed by atoms with Crippen molar-refractivity contribution in [2.24, 2.45) is 0 Å². The first kappa shape index (κ1) is 44.8. The van der Waals surface area contributed by atoms with E-state index in [1.807, 2.05) is 11.0 Å². The largest absolute Gasteiger partial charge is 0.450 e. The highest BCUT2D eigenvalue weighted by atomic mass is 32.2. The smallest absolute Gasteiger partial charge is 0.301 e. The summed E-state index contributed by atoms with van der Waals surface area (Å²) in [6.07, 6.45) is 5.80. The zero-order chi connectivity index (χ0) is 45.3. The first-order valence-electron chi connectivity index (χ1n) is 21.5. The molecule has 16 nitrogen and oxygen atoms in total. The van der Waals surface area contributed by atoms with Gasteiger partial charge in [0, 0.05) is 38.9 Å². The number of carbonyl (C=O) groups excluding carboxylic acids is 2. The Labute approximate surface area is 368 Å². The number of likely N-dealkylation sites (tertiary alicyclic amines) is 2. The molecule has 20 heteroatoms. The van der Waals surface area contributed by atoms with Gasteiger partial charge in [-0.2, -0.15) is 18.0 Å². The number of halogens is 3. The summed E-state index contributed by atoms with van der Waals surface area (Å²) >= 11 is 0. The SMILES string of the molecule is CCN(C)S(=O)(=O)Nc1ccc(F)c(Oc2ccc3ncn(C4COC5(CCN(C(=O)CN6CCC(c7ccc(NC8CCCNC8=O)cc7F)CC6)CC5)C4)c(=O)c3c2F)c1C#N. The average Bonchev–Trinajstić information content (AvgIpc) is 3.69. The summed E-state index contributed by atoms with van der Waals surface area (Å²) < 4.78 is 88.3. The molecule has 64 heavy (non-hydrogen) atoms. The van der Waals surface area contributed by atoms with Crippen LogP contribution in [0.5, 0.6) is 11.5 Å². The highest BCUT2D eigenvalue weighted by Crippen LogP contribution is 2.41. The first-order valence-corrected chi connectivity index (χ1v) is 22.9. The molecule has 4 aliphatic heterocycles. The van der Waals surface area contributed by atoms with Crippen LogP contribution in [0.15, 0.2) is 53.6 Å². The lowest BCUT2D eigenvalue weighted by Crippen LogP contribution is -2.50. The Hall–Kier alpha value is -5.75. The van der Waals surface area contributed by atoms with Crippen LogP contribution in [0, 0.1) is 28.8 Å². The van der Waals surface area contributed by atoms with Crippen molar-refractivity contribution in [2.75, 3.05) is 69.5 Å². The molecule has 5 heterocycles. The Balaban J connectivity index is 0.867. The van der Waals surface area contributed by atoms with Gasteiger partial charge in [0.25, 0.3) is 5.56 Å². The van der Waals surface area contributed by atoms with Gasteiger partial charge in [-0.25, -0.2) is 18.2 Å². The lowest BCUT2D eigenvalue weighted by molar-refractivity contribution is -0.137. The molecule has 340 valence electrons. The predicted molar refractivity (Wildman–Crippen MR) is 231 cm³/mol. The fourth-order valence-electron chi connectivity index (χ4n) is 9.12. The first-order chi connectivity index (χ1) is 30.7. The zero-order valence-electron chi connectivity index (χ0n) is 35.5. The lowest BCUT2D eigenvalue weighted by Gasteiger charge is -2.40. The third-order valence-electron chi connectivity index (χ3n) is 13.0. The molecule has 1 aromatic heterocycles. The Kier molecular flexibility index (Phi) is 12.9. The monoisotopic (exact) mass is 905 g/mol. The van der Waals surface area contributed by atoms with Crippen molar-refractivity contribution in [1.29, 1.82) is 5.26 Å². The Morgan fingerprint density at radius 1 is 1.06 bits per heavy atom. The molecule has 0 aliphatic carbocycles. The normalized spacial score (nSPS) is 20.6. The summed E-state index contributed by atoms with van der Waals surface area (Å²) in [4.78, 5) is 47.8. The van der Waals surface area contributed by atoms with E-state index in [0.29, 0.717) is 82.5 Å². The second kappa shape index (κ2) is 18.4. The average molecular weight is 906 g/mol. The minimum atomic E-state index is -4.11.